The van der Waals surface area contributed by atoms with Crippen LogP contribution < -0.4 is 10.6 Å². The topological polar surface area (TPSA) is 102 Å². The zero-order valence-electron chi connectivity index (χ0n) is 20.5. The third kappa shape index (κ3) is 4.33. The van der Waals surface area contributed by atoms with E-state index in [4.69, 9.17) is 0 Å². The van der Waals surface area contributed by atoms with Crippen LogP contribution in [0, 0.1) is 24.7 Å². The number of piperidine rings is 1. The number of imide groups is 1. The van der Waals surface area contributed by atoms with E-state index in [1.54, 1.807) is 12.1 Å². The number of fused-ring (bicyclic) bond motifs is 1. The third-order valence-corrected chi connectivity index (χ3v) is 9.14. The summed E-state index contributed by atoms with van der Waals surface area (Å²) >= 11 is 0. The van der Waals surface area contributed by atoms with Gasteiger partial charge < -0.3 is 15.5 Å². The van der Waals surface area contributed by atoms with Crippen molar-refractivity contribution >= 4 is 11.9 Å². The van der Waals surface area contributed by atoms with E-state index in [1.807, 2.05) is 13.0 Å². The number of benzene rings is 1. The lowest BCUT2D eigenvalue weighted by Gasteiger charge is -2.61. The molecule has 0 bridgehead atoms. The summed E-state index contributed by atoms with van der Waals surface area (Å²) in [6.07, 6.45) is 7.03. The van der Waals surface area contributed by atoms with Gasteiger partial charge in [-0.3, -0.25) is 15.0 Å². The maximum absolute atomic E-state index is 13.2. The Morgan fingerprint density at radius 3 is 2.56 bits per heavy atom. The predicted octanol–water partition coefficient (Wildman–Crippen LogP) is 3.21. The van der Waals surface area contributed by atoms with Gasteiger partial charge in [-0.1, -0.05) is 6.07 Å². The molecule has 34 heavy (non-hydrogen) atoms. The smallest absolute Gasteiger partial charge is 0.321 e. The van der Waals surface area contributed by atoms with Crippen molar-refractivity contribution in [3.63, 3.8) is 0 Å². The molecule has 4 unspecified atom stereocenters. The Morgan fingerprint density at radius 2 is 1.85 bits per heavy atom. The van der Waals surface area contributed by atoms with Crippen LogP contribution in [0.5, 0.6) is 5.75 Å². The number of hydrogen-bond donors (Lipinski definition) is 4. The molecule has 0 aromatic heterocycles. The molecule has 186 valence electrons. The molecule has 0 spiro atoms. The fourth-order valence-electron chi connectivity index (χ4n) is 6.62. The van der Waals surface area contributed by atoms with Gasteiger partial charge in [-0.25, -0.2) is 4.79 Å². The monoisotopic (exact) mass is 469 g/mol. The molecule has 0 radical (unpaired) electrons. The van der Waals surface area contributed by atoms with Crippen molar-refractivity contribution in [2.24, 2.45) is 17.8 Å². The number of carbonyl (C=O) groups excluding carboxylic acids is 2. The molecule has 7 nitrogen and oxygen atoms in total. The lowest BCUT2D eigenvalue weighted by Crippen LogP contribution is -2.70. The number of amides is 3. The molecule has 7 heteroatoms. The minimum atomic E-state index is -1.01. The van der Waals surface area contributed by atoms with Gasteiger partial charge in [0.05, 0.1) is 5.60 Å². The lowest BCUT2D eigenvalue weighted by atomic mass is 9.51. The standard InChI is InChI=1S/C27H39N3O4/c1-17-3-8-22(31)13-23(17)26-11-12-30(16-20-6-7-20)18(2)27(26,34)10-9-21(14-26)24(32)29-25(33)28-15-19-4-5-19/h3,8,13,18-21,31,34H,4-7,9-12,14-16H2,1-2H3,(H2,28,29,32,33). The fraction of sp³-hybridized carbons (Fsp3) is 0.704. The molecule has 1 aromatic rings. The van der Waals surface area contributed by atoms with Crippen molar-refractivity contribution in [2.45, 2.75) is 82.3 Å². The summed E-state index contributed by atoms with van der Waals surface area (Å²) in [7, 11) is 0. The highest BCUT2D eigenvalue weighted by Gasteiger charge is 2.62. The average molecular weight is 470 g/mol. The number of rotatable bonds is 6. The quantitative estimate of drug-likeness (QED) is 0.513. The summed E-state index contributed by atoms with van der Waals surface area (Å²) in [5, 5.41) is 28.1. The van der Waals surface area contributed by atoms with Gasteiger partial charge in [0, 0.05) is 30.5 Å². The second kappa shape index (κ2) is 8.83. The van der Waals surface area contributed by atoms with E-state index in [2.05, 4.69) is 22.5 Å². The summed E-state index contributed by atoms with van der Waals surface area (Å²) < 4.78 is 0. The van der Waals surface area contributed by atoms with E-state index in [1.165, 1.54) is 12.8 Å². The van der Waals surface area contributed by atoms with Crippen LogP contribution in [0.25, 0.3) is 0 Å². The zero-order chi connectivity index (χ0) is 24.1. The van der Waals surface area contributed by atoms with E-state index in [0.717, 1.165) is 49.4 Å². The summed E-state index contributed by atoms with van der Waals surface area (Å²) in [6, 6.07) is 4.89. The molecule has 4 atom stereocenters. The molecule has 1 aliphatic heterocycles. The Bertz CT molecular complexity index is 959. The second-order valence-corrected chi connectivity index (χ2v) is 11.5. The summed E-state index contributed by atoms with van der Waals surface area (Å²) in [4.78, 5) is 27.9. The van der Waals surface area contributed by atoms with E-state index in [0.29, 0.717) is 31.7 Å². The van der Waals surface area contributed by atoms with Gasteiger partial charge in [-0.15, -0.1) is 0 Å². The number of nitrogens with zero attached hydrogens (tertiary/aromatic N) is 1. The first-order valence-electron chi connectivity index (χ1n) is 13.1. The van der Waals surface area contributed by atoms with Gasteiger partial charge in [0.15, 0.2) is 0 Å². The molecular formula is C27H39N3O4. The minimum absolute atomic E-state index is 0.0468. The highest BCUT2D eigenvalue weighted by atomic mass is 16.3. The summed E-state index contributed by atoms with van der Waals surface area (Å²) in [6.45, 7) is 6.62. The first-order chi connectivity index (χ1) is 16.2. The summed E-state index contributed by atoms with van der Waals surface area (Å²) in [5.41, 5.74) is 0.287. The van der Waals surface area contributed by atoms with Crippen molar-refractivity contribution in [3.05, 3.63) is 29.3 Å². The molecule has 1 heterocycles. The van der Waals surface area contributed by atoms with E-state index >= 15 is 0 Å². The number of aryl methyl sites for hydroxylation is 1. The van der Waals surface area contributed by atoms with Crippen LogP contribution >= 0.6 is 0 Å². The maximum atomic E-state index is 13.2. The van der Waals surface area contributed by atoms with Crippen LogP contribution in [0.3, 0.4) is 0 Å². The Balaban J connectivity index is 1.41. The van der Waals surface area contributed by atoms with E-state index in [9.17, 15) is 19.8 Å². The molecule has 3 amide bonds. The Morgan fingerprint density at radius 1 is 1.12 bits per heavy atom. The van der Waals surface area contributed by atoms with Gasteiger partial charge in [0.1, 0.15) is 5.75 Å². The maximum Gasteiger partial charge on any atom is 0.321 e. The first kappa shape index (κ1) is 23.6. The molecule has 4 fully saturated rings. The van der Waals surface area contributed by atoms with Crippen LogP contribution in [-0.2, 0) is 10.2 Å². The number of aromatic hydroxyl groups is 1. The number of urea groups is 1. The van der Waals surface area contributed by atoms with Crippen LogP contribution in [0.15, 0.2) is 18.2 Å². The van der Waals surface area contributed by atoms with E-state index < -0.39 is 17.0 Å². The molecule has 1 aromatic carbocycles. The van der Waals surface area contributed by atoms with Gasteiger partial charge in [0.25, 0.3) is 0 Å². The van der Waals surface area contributed by atoms with Crippen molar-refractivity contribution in [2.75, 3.05) is 19.6 Å². The number of phenols is 1. The number of likely N-dealkylation sites (tertiary alicyclic amines) is 1. The van der Waals surface area contributed by atoms with Gasteiger partial charge in [0.2, 0.25) is 5.91 Å². The average Bonchev–Trinajstić information content (AvgIpc) is 3.72. The molecule has 3 aliphatic carbocycles. The Labute approximate surface area is 202 Å². The molecular weight excluding hydrogens is 430 g/mol. The highest BCUT2D eigenvalue weighted by molar-refractivity contribution is 5.95. The minimum Gasteiger partial charge on any atom is -0.508 e. The number of phenolic OH excluding ortho intramolecular Hbond substituents is 1. The molecule has 1 saturated heterocycles. The van der Waals surface area contributed by atoms with Crippen LogP contribution in [-0.4, -0.2) is 58.3 Å². The molecule has 5 rings (SSSR count). The van der Waals surface area contributed by atoms with Gasteiger partial charge >= 0.3 is 6.03 Å². The van der Waals surface area contributed by atoms with Crippen molar-refractivity contribution in [3.8, 4) is 5.75 Å². The highest BCUT2D eigenvalue weighted by Crippen LogP contribution is 2.56. The normalized spacial score (nSPS) is 33.7. The molecule has 3 saturated carbocycles. The number of nitrogens with one attached hydrogen (secondary N) is 2. The number of aliphatic hydroxyl groups is 1. The fourth-order valence-corrected chi connectivity index (χ4v) is 6.62. The van der Waals surface area contributed by atoms with Crippen molar-refractivity contribution in [1.82, 2.24) is 15.5 Å². The van der Waals surface area contributed by atoms with Crippen LogP contribution in [0.1, 0.15) is 69.4 Å². The predicted molar refractivity (Wildman–Crippen MR) is 129 cm³/mol. The van der Waals surface area contributed by atoms with Gasteiger partial charge in [-0.05, 0) is 107 Å². The zero-order valence-corrected chi connectivity index (χ0v) is 20.5. The largest absolute Gasteiger partial charge is 0.508 e. The number of carbonyl (C=O) groups is 2. The SMILES string of the molecule is Cc1ccc(O)cc1C12CCN(CC3CC3)C(C)C1(O)CCC(C(=O)NC(=O)NCC1CC1)C2. The third-order valence-electron chi connectivity index (χ3n) is 9.14. The lowest BCUT2D eigenvalue weighted by molar-refractivity contribution is -0.167. The Hall–Kier alpha value is -2.12. The Kier molecular flexibility index (Phi) is 6.13. The molecule has 4 aliphatic rings. The van der Waals surface area contributed by atoms with Crippen molar-refractivity contribution in [1.29, 1.82) is 0 Å². The van der Waals surface area contributed by atoms with E-state index in [-0.39, 0.29) is 23.6 Å². The van der Waals surface area contributed by atoms with Crippen LogP contribution in [0.4, 0.5) is 4.79 Å². The van der Waals surface area contributed by atoms with Gasteiger partial charge in [-0.2, -0.15) is 0 Å². The summed E-state index contributed by atoms with van der Waals surface area (Å²) in [5.74, 6) is 0.829. The number of hydrogen-bond acceptors (Lipinski definition) is 5. The molecule has 4 N–H and O–H groups in total. The second-order valence-electron chi connectivity index (χ2n) is 11.5. The van der Waals surface area contributed by atoms with Crippen LogP contribution in [0.2, 0.25) is 0 Å². The first-order valence-corrected chi connectivity index (χ1v) is 13.1. The van der Waals surface area contributed by atoms with Crippen molar-refractivity contribution < 1.29 is 19.8 Å².